The van der Waals surface area contributed by atoms with Gasteiger partial charge in [-0.25, -0.2) is 4.79 Å². The highest BCUT2D eigenvalue weighted by atomic mass is 16.2. The molecule has 1 aliphatic rings. The Kier molecular flexibility index (Phi) is 5.53. The third-order valence-electron chi connectivity index (χ3n) is 5.99. The molecule has 4 rings (SSSR count). The number of hydrogen-bond donors (Lipinski definition) is 2. The fourth-order valence-corrected chi connectivity index (χ4v) is 4.25. The van der Waals surface area contributed by atoms with Gasteiger partial charge in [-0.05, 0) is 79.6 Å². The van der Waals surface area contributed by atoms with Gasteiger partial charge in [-0.15, -0.1) is 5.10 Å². The second kappa shape index (κ2) is 8.26. The second-order valence-corrected chi connectivity index (χ2v) is 8.41. The zero-order valence-electron chi connectivity index (χ0n) is 17.7. The van der Waals surface area contributed by atoms with Crippen LogP contribution in [0.3, 0.4) is 0 Å². The molecule has 0 bridgehead atoms. The van der Waals surface area contributed by atoms with Gasteiger partial charge >= 0.3 is 6.03 Å². The Morgan fingerprint density at radius 3 is 2.53 bits per heavy atom. The van der Waals surface area contributed by atoms with Gasteiger partial charge in [0.25, 0.3) is 0 Å². The van der Waals surface area contributed by atoms with E-state index in [1.54, 1.807) is 4.68 Å². The Bertz CT molecular complexity index is 1020. The van der Waals surface area contributed by atoms with Crippen LogP contribution >= 0.6 is 0 Å². The third-order valence-corrected chi connectivity index (χ3v) is 5.99. The zero-order valence-corrected chi connectivity index (χ0v) is 17.7. The fourth-order valence-electron chi connectivity index (χ4n) is 4.25. The average Bonchev–Trinajstić information content (AvgIpc) is 3.21. The molecule has 3 aromatic rings. The van der Waals surface area contributed by atoms with Gasteiger partial charge in [0, 0.05) is 5.69 Å². The smallest absolute Gasteiger partial charge is 0.320 e. The van der Waals surface area contributed by atoms with E-state index in [0.717, 1.165) is 42.6 Å². The number of para-hydroxylation sites is 1. The molecular formula is C23H28N6O. The Balaban J connectivity index is 1.68. The maximum atomic E-state index is 12.9. The van der Waals surface area contributed by atoms with Crippen LogP contribution in [-0.2, 0) is 5.54 Å². The molecule has 7 heteroatoms. The van der Waals surface area contributed by atoms with Crippen molar-refractivity contribution in [1.29, 1.82) is 0 Å². The maximum absolute atomic E-state index is 12.9. The SMILES string of the molecule is Cc1ccc(-n2nnnc2C2(NC(=O)Nc3ccccc3)CCC(C)CC2)c(C)c1. The highest BCUT2D eigenvalue weighted by Gasteiger charge is 2.42. The number of benzene rings is 2. The number of amides is 2. The van der Waals surface area contributed by atoms with Gasteiger partial charge < -0.3 is 10.6 Å². The molecule has 0 spiro atoms. The molecule has 0 atom stereocenters. The molecule has 30 heavy (non-hydrogen) atoms. The monoisotopic (exact) mass is 404 g/mol. The molecule has 2 N–H and O–H groups in total. The Morgan fingerprint density at radius 2 is 1.83 bits per heavy atom. The normalized spacial score (nSPS) is 21.2. The zero-order chi connectivity index (χ0) is 21.1. The molecule has 1 aromatic heterocycles. The number of rotatable bonds is 4. The molecule has 7 nitrogen and oxygen atoms in total. The van der Waals surface area contributed by atoms with Crippen LogP contribution in [0.25, 0.3) is 5.69 Å². The predicted molar refractivity (Wildman–Crippen MR) is 117 cm³/mol. The van der Waals surface area contributed by atoms with Crippen molar-refractivity contribution in [2.75, 3.05) is 5.32 Å². The van der Waals surface area contributed by atoms with Crippen LogP contribution in [0.15, 0.2) is 48.5 Å². The average molecular weight is 405 g/mol. The highest BCUT2D eigenvalue weighted by molar-refractivity contribution is 5.89. The summed E-state index contributed by atoms with van der Waals surface area (Å²) in [6.45, 7) is 6.37. The van der Waals surface area contributed by atoms with Crippen LogP contribution in [-0.4, -0.2) is 26.2 Å². The second-order valence-electron chi connectivity index (χ2n) is 8.41. The quantitative estimate of drug-likeness (QED) is 0.670. The van der Waals surface area contributed by atoms with Gasteiger partial charge in [-0.3, -0.25) is 0 Å². The van der Waals surface area contributed by atoms with Gasteiger partial charge in [0.05, 0.1) is 5.69 Å². The molecule has 1 aliphatic carbocycles. The lowest BCUT2D eigenvalue weighted by atomic mass is 9.76. The number of tetrazole rings is 1. The van der Waals surface area contributed by atoms with E-state index in [1.807, 2.05) is 36.4 Å². The van der Waals surface area contributed by atoms with Crippen LogP contribution in [0, 0.1) is 19.8 Å². The van der Waals surface area contributed by atoms with E-state index in [0.29, 0.717) is 11.7 Å². The van der Waals surface area contributed by atoms with Gasteiger partial charge in [0.1, 0.15) is 5.54 Å². The maximum Gasteiger partial charge on any atom is 0.320 e. The van der Waals surface area contributed by atoms with Crippen molar-refractivity contribution in [3.8, 4) is 5.69 Å². The topological polar surface area (TPSA) is 84.7 Å². The summed E-state index contributed by atoms with van der Waals surface area (Å²) in [5.41, 5.74) is 3.35. The van der Waals surface area contributed by atoms with Gasteiger partial charge in [0.2, 0.25) is 0 Å². The molecular weight excluding hydrogens is 376 g/mol. The molecule has 0 saturated heterocycles. The molecule has 1 fully saturated rings. The first kappa shape index (κ1) is 20.1. The molecule has 0 aliphatic heterocycles. The third kappa shape index (κ3) is 4.06. The van der Waals surface area contributed by atoms with E-state index < -0.39 is 5.54 Å². The summed E-state index contributed by atoms with van der Waals surface area (Å²) in [5, 5.41) is 18.8. The number of nitrogens with one attached hydrogen (secondary N) is 2. The number of aryl methyl sites for hydroxylation is 2. The summed E-state index contributed by atoms with van der Waals surface area (Å²) in [4.78, 5) is 12.9. The number of carbonyl (C=O) groups excluding carboxylic acids is 1. The van der Waals surface area contributed by atoms with Crippen molar-refractivity contribution in [3.05, 3.63) is 65.5 Å². The van der Waals surface area contributed by atoms with Crippen molar-refractivity contribution in [2.24, 2.45) is 5.92 Å². The lowest BCUT2D eigenvalue weighted by molar-refractivity contribution is 0.182. The van der Waals surface area contributed by atoms with Crippen molar-refractivity contribution < 1.29 is 4.79 Å². The largest absolute Gasteiger partial charge is 0.325 e. The molecule has 0 radical (unpaired) electrons. The van der Waals surface area contributed by atoms with Gasteiger partial charge in [-0.2, -0.15) is 4.68 Å². The lowest BCUT2D eigenvalue weighted by Crippen LogP contribution is -2.51. The lowest BCUT2D eigenvalue weighted by Gasteiger charge is -2.38. The molecule has 2 aromatic carbocycles. The molecule has 156 valence electrons. The van der Waals surface area contributed by atoms with Crippen LogP contribution in [0.1, 0.15) is 49.6 Å². The summed E-state index contributed by atoms with van der Waals surface area (Å²) in [6, 6.07) is 15.4. The Hall–Kier alpha value is -3.22. The molecule has 2 amide bonds. The molecule has 0 unspecified atom stereocenters. The highest BCUT2D eigenvalue weighted by Crippen LogP contribution is 2.39. The first-order valence-corrected chi connectivity index (χ1v) is 10.5. The summed E-state index contributed by atoms with van der Waals surface area (Å²) in [7, 11) is 0. The fraction of sp³-hybridized carbons (Fsp3) is 0.391. The van der Waals surface area contributed by atoms with E-state index in [9.17, 15) is 4.79 Å². The van der Waals surface area contributed by atoms with Crippen molar-refractivity contribution in [1.82, 2.24) is 25.5 Å². The number of anilines is 1. The van der Waals surface area contributed by atoms with Crippen molar-refractivity contribution >= 4 is 11.7 Å². The Morgan fingerprint density at radius 1 is 1.10 bits per heavy atom. The summed E-state index contributed by atoms with van der Waals surface area (Å²) in [5.74, 6) is 1.30. The van der Waals surface area contributed by atoms with E-state index in [4.69, 9.17) is 0 Å². The van der Waals surface area contributed by atoms with Crippen LogP contribution in [0.2, 0.25) is 0 Å². The van der Waals surface area contributed by atoms with E-state index in [2.05, 4.69) is 59.1 Å². The number of aromatic nitrogens is 4. The van der Waals surface area contributed by atoms with Gasteiger partial charge in [0.15, 0.2) is 5.82 Å². The number of urea groups is 1. The van der Waals surface area contributed by atoms with Crippen molar-refractivity contribution in [2.45, 2.75) is 52.0 Å². The minimum absolute atomic E-state index is 0.245. The summed E-state index contributed by atoms with van der Waals surface area (Å²) >= 11 is 0. The Labute approximate surface area is 176 Å². The van der Waals surface area contributed by atoms with E-state index in [1.165, 1.54) is 5.56 Å². The van der Waals surface area contributed by atoms with Crippen molar-refractivity contribution in [3.63, 3.8) is 0 Å². The van der Waals surface area contributed by atoms with Crippen LogP contribution < -0.4 is 10.6 Å². The minimum Gasteiger partial charge on any atom is -0.325 e. The standard InChI is InChI=1S/C23H28N6O/c1-16-11-13-23(14-12-16,25-22(30)24-19-7-5-4-6-8-19)21-26-27-28-29(21)20-10-9-17(2)15-18(20)3/h4-10,15-16H,11-14H2,1-3H3,(H2,24,25,30). The first-order valence-electron chi connectivity index (χ1n) is 10.5. The first-order chi connectivity index (χ1) is 14.5. The summed E-state index contributed by atoms with van der Waals surface area (Å²) < 4.78 is 1.79. The number of carbonyl (C=O) groups is 1. The van der Waals surface area contributed by atoms with Crippen LogP contribution in [0.4, 0.5) is 10.5 Å². The molecule has 1 saturated carbocycles. The minimum atomic E-state index is -0.619. The van der Waals surface area contributed by atoms with E-state index >= 15 is 0 Å². The van der Waals surface area contributed by atoms with Crippen LogP contribution in [0.5, 0.6) is 0 Å². The van der Waals surface area contributed by atoms with Gasteiger partial charge in [-0.1, -0.05) is 42.8 Å². The summed E-state index contributed by atoms with van der Waals surface area (Å²) in [6.07, 6.45) is 3.60. The predicted octanol–water partition coefficient (Wildman–Crippen LogP) is 4.51. The number of hydrogen-bond acceptors (Lipinski definition) is 4. The van der Waals surface area contributed by atoms with E-state index in [-0.39, 0.29) is 6.03 Å². The number of nitrogens with zero attached hydrogens (tertiary/aromatic N) is 4. The molecule has 1 heterocycles.